The van der Waals surface area contributed by atoms with Crippen LogP contribution in [0.2, 0.25) is 0 Å². The Bertz CT molecular complexity index is 382. The highest BCUT2D eigenvalue weighted by Crippen LogP contribution is 2.07. The van der Waals surface area contributed by atoms with Gasteiger partial charge in [-0.05, 0) is 6.92 Å². The minimum atomic E-state index is -0.780. The van der Waals surface area contributed by atoms with E-state index in [1.165, 1.54) is 6.26 Å². The van der Waals surface area contributed by atoms with Crippen LogP contribution in [-0.2, 0) is 4.79 Å². The fraction of sp³-hybridized carbons (Fsp3) is 0.286. The summed E-state index contributed by atoms with van der Waals surface area (Å²) in [5, 5.41) is 3.72. The predicted molar refractivity (Wildman–Crippen MR) is 43.9 cm³/mol. The first kappa shape index (κ1) is 7.93. The molecule has 13 heavy (non-hydrogen) atoms. The molecule has 0 radical (unpaired) electrons. The zero-order valence-corrected chi connectivity index (χ0v) is 6.94. The van der Waals surface area contributed by atoms with Gasteiger partial charge in [0, 0.05) is 0 Å². The van der Waals surface area contributed by atoms with Crippen molar-refractivity contribution >= 4 is 11.6 Å². The van der Waals surface area contributed by atoms with Gasteiger partial charge in [-0.2, -0.15) is 5.10 Å². The van der Waals surface area contributed by atoms with Gasteiger partial charge in [-0.1, -0.05) is 0 Å². The third-order valence-corrected chi connectivity index (χ3v) is 1.70. The quantitative estimate of drug-likeness (QED) is 0.588. The standard InChI is InChI=1S/C7H8N4O2/c1-3-2-13-7(9-3)5-4(8)6(12)11-10-5/h2,4H,8H2,1H3,(H,11,12). The van der Waals surface area contributed by atoms with E-state index >= 15 is 0 Å². The van der Waals surface area contributed by atoms with E-state index in [0.717, 1.165) is 5.69 Å². The molecule has 0 saturated heterocycles. The molecular weight excluding hydrogens is 172 g/mol. The number of oxazole rings is 1. The van der Waals surface area contributed by atoms with Crippen molar-refractivity contribution < 1.29 is 9.21 Å². The number of nitrogens with one attached hydrogen (secondary N) is 1. The van der Waals surface area contributed by atoms with Crippen molar-refractivity contribution in [3.05, 3.63) is 17.8 Å². The number of rotatable bonds is 1. The summed E-state index contributed by atoms with van der Waals surface area (Å²) in [7, 11) is 0. The van der Waals surface area contributed by atoms with Crippen molar-refractivity contribution in [3.63, 3.8) is 0 Å². The molecule has 0 bridgehead atoms. The summed E-state index contributed by atoms with van der Waals surface area (Å²) in [6, 6.07) is -0.780. The molecule has 1 aliphatic rings. The van der Waals surface area contributed by atoms with Crippen LogP contribution in [0.1, 0.15) is 11.6 Å². The van der Waals surface area contributed by atoms with Crippen LogP contribution in [0.4, 0.5) is 0 Å². The molecular formula is C7H8N4O2. The van der Waals surface area contributed by atoms with E-state index in [-0.39, 0.29) is 5.91 Å². The molecule has 3 N–H and O–H groups in total. The number of aromatic nitrogens is 1. The number of hydrogen-bond acceptors (Lipinski definition) is 5. The van der Waals surface area contributed by atoms with Gasteiger partial charge in [-0.15, -0.1) is 0 Å². The Balaban J connectivity index is 2.33. The molecule has 6 heteroatoms. The minimum absolute atomic E-state index is 0.295. The highest BCUT2D eigenvalue weighted by Gasteiger charge is 2.30. The van der Waals surface area contributed by atoms with Crippen molar-refractivity contribution in [2.45, 2.75) is 13.0 Å². The largest absolute Gasteiger partial charge is 0.443 e. The van der Waals surface area contributed by atoms with E-state index in [2.05, 4.69) is 15.5 Å². The summed E-state index contributed by atoms with van der Waals surface area (Å²) in [5.41, 5.74) is 8.84. The lowest BCUT2D eigenvalue weighted by molar-refractivity contribution is -0.120. The van der Waals surface area contributed by atoms with Crippen molar-refractivity contribution in [1.82, 2.24) is 10.4 Å². The molecule has 0 aliphatic carbocycles. The minimum Gasteiger partial charge on any atom is -0.443 e. The van der Waals surface area contributed by atoms with Gasteiger partial charge in [-0.3, -0.25) is 4.79 Å². The molecule has 1 aromatic heterocycles. The van der Waals surface area contributed by atoms with Crippen molar-refractivity contribution in [1.29, 1.82) is 0 Å². The van der Waals surface area contributed by atoms with Crippen molar-refractivity contribution in [3.8, 4) is 0 Å². The van der Waals surface area contributed by atoms with Gasteiger partial charge >= 0.3 is 0 Å². The molecule has 0 aromatic carbocycles. The molecule has 1 atom stereocenters. The van der Waals surface area contributed by atoms with Crippen LogP contribution in [0.3, 0.4) is 0 Å². The second-order valence-corrected chi connectivity index (χ2v) is 2.74. The Kier molecular flexibility index (Phi) is 1.63. The van der Waals surface area contributed by atoms with Crippen LogP contribution in [0, 0.1) is 6.92 Å². The van der Waals surface area contributed by atoms with Crippen LogP contribution in [0.5, 0.6) is 0 Å². The first-order chi connectivity index (χ1) is 6.18. The average molecular weight is 180 g/mol. The number of amides is 1. The smallest absolute Gasteiger partial charge is 0.263 e. The lowest BCUT2D eigenvalue weighted by atomic mass is 10.2. The molecule has 1 amide bonds. The SMILES string of the molecule is Cc1coc(C2=NNC(=O)C2N)n1. The number of aryl methyl sites for hydroxylation is 1. The molecule has 1 aromatic rings. The lowest BCUT2D eigenvalue weighted by Gasteiger charge is -1.97. The van der Waals surface area contributed by atoms with Gasteiger partial charge in [0.05, 0.1) is 5.69 Å². The maximum Gasteiger partial charge on any atom is 0.263 e. The highest BCUT2D eigenvalue weighted by atomic mass is 16.3. The third-order valence-electron chi connectivity index (χ3n) is 1.70. The Morgan fingerprint density at radius 3 is 2.92 bits per heavy atom. The van der Waals surface area contributed by atoms with Crippen LogP contribution < -0.4 is 11.2 Å². The topological polar surface area (TPSA) is 93.5 Å². The molecule has 1 aliphatic heterocycles. The lowest BCUT2D eigenvalue weighted by Crippen LogP contribution is -2.37. The highest BCUT2D eigenvalue weighted by molar-refractivity contribution is 6.17. The average Bonchev–Trinajstić information content (AvgIpc) is 2.62. The summed E-state index contributed by atoms with van der Waals surface area (Å²) in [4.78, 5) is 15.0. The first-order valence-corrected chi connectivity index (χ1v) is 3.74. The molecule has 68 valence electrons. The zero-order valence-electron chi connectivity index (χ0n) is 6.94. The maximum atomic E-state index is 10.9. The van der Waals surface area contributed by atoms with E-state index in [1.54, 1.807) is 6.92 Å². The summed E-state index contributed by atoms with van der Waals surface area (Å²) in [6.45, 7) is 1.78. The van der Waals surface area contributed by atoms with Crippen molar-refractivity contribution in [2.75, 3.05) is 0 Å². The van der Waals surface area contributed by atoms with E-state index < -0.39 is 6.04 Å². The molecule has 6 nitrogen and oxygen atoms in total. The van der Waals surface area contributed by atoms with Gasteiger partial charge in [-0.25, -0.2) is 10.4 Å². The number of nitrogens with two attached hydrogens (primary N) is 1. The van der Waals surface area contributed by atoms with Gasteiger partial charge in [0.15, 0.2) is 0 Å². The van der Waals surface area contributed by atoms with Gasteiger partial charge in [0.1, 0.15) is 18.0 Å². The predicted octanol–water partition coefficient (Wildman–Crippen LogP) is -0.856. The zero-order chi connectivity index (χ0) is 9.42. The molecule has 0 spiro atoms. The number of nitrogens with zero attached hydrogens (tertiary/aromatic N) is 2. The summed E-state index contributed by atoms with van der Waals surface area (Å²) in [6.07, 6.45) is 1.48. The summed E-state index contributed by atoms with van der Waals surface area (Å²) < 4.78 is 5.05. The third kappa shape index (κ3) is 1.20. The number of carbonyl (C=O) groups excluding carboxylic acids is 1. The summed E-state index contributed by atoms with van der Waals surface area (Å²) >= 11 is 0. The van der Waals surface area contributed by atoms with Crippen LogP contribution in [0.25, 0.3) is 0 Å². The van der Waals surface area contributed by atoms with Crippen LogP contribution in [0.15, 0.2) is 15.8 Å². The number of hydrogen-bond donors (Lipinski definition) is 2. The van der Waals surface area contributed by atoms with Crippen LogP contribution >= 0.6 is 0 Å². The molecule has 2 heterocycles. The fourth-order valence-electron chi connectivity index (χ4n) is 1.03. The van der Waals surface area contributed by atoms with E-state index in [0.29, 0.717) is 11.6 Å². The normalized spacial score (nSPS) is 21.5. The number of carbonyl (C=O) groups is 1. The first-order valence-electron chi connectivity index (χ1n) is 3.74. The van der Waals surface area contributed by atoms with Gasteiger partial charge in [0.2, 0.25) is 5.89 Å². The Morgan fingerprint density at radius 1 is 1.69 bits per heavy atom. The Morgan fingerprint density at radius 2 is 2.46 bits per heavy atom. The number of hydrazone groups is 1. The molecule has 0 fully saturated rings. The Hall–Kier alpha value is -1.69. The van der Waals surface area contributed by atoms with Crippen molar-refractivity contribution in [2.24, 2.45) is 10.8 Å². The second kappa shape index (κ2) is 2.67. The molecule has 0 saturated carbocycles. The van der Waals surface area contributed by atoms with E-state index in [4.69, 9.17) is 10.2 Å². The molecule has 2 rings (SSSR count). The van der Waals surface area contributed by atoms with Gasteiger partial charge < -0.3 is 10.2 Å². The Labute approximate surface area is 73.8 Å². The fourth-order valence-corrected chi connectivity index (χ4v) is 1.03. The van der Waals surface area contributed by atoms with E-state index in [1.807, 2.05) is 0 Å². The second-order valence-electron chi connectivity index (χ2n) is 2.74. The van der Waals surface area contributed by atoms with E-state index in [9.17, 15) is 4.79 Å². The maximum absolute atomic E-state index is 10.9. The molecule has 1 unspecified atom stereocenters. The summed E-state index contributed by atoms with van der Waals surface area (Å²) in [5.74, 6) is -0.0470. The van der Waals surface area contributed by atoms with Crippen LogP contribution in [-0.4, -0.2) is 22.6 Å². The van der Waals surface area contributed by atoms with Gasteiger partial charge in [0.25, 0.3) is 5.91 Å². The monoisotopic (exact) mass is 180 g/mol.